The second-order valence-electron chi connectivity index (χ2n) is 11.6. The summed E-state index contributed by atoms with van der Waals surface area (Å²) in [6, 6.07) is 45.8. The van der Waals surface area contributed by atoms with Crippen LogP contribution in [0.3, 0.4) is 0 Å². The maximum atomic E-state index is 10.2. The third kappa shape index (κ3) is 5.11. The molecule has 0 N–H and O–H groups in total. The van der Waals surface area contributed by atoms with E-state index >= 15 is 0 Å². The van der Waals surface area contributed by atoms with E-state index in [0.29, 0.717) is 73.4 Å². The first-order valence-corrected chi connectivity index (χ1v) is 15.9. The molecular formula is C43H22N8. The third-order valence-corrected chi connectivity index (χ3v) is 8.80. The highest BCUT2D eigenvalue weighted by Crippen LogP contribution is 2.44. The molecule has 234 valence electrons. The molecule has 0 aliphatic rings. The Morgan fingerprint density at radius 1 is 0.529 bits per heavy atom. The molecule has 8 heteroatoms. The smallest absolute Gasteiger partial charge is 0.238 e. The van der Waals surface area contributed by atoms with E-state index < -0.39 is 0 Å². The lowest BCUT2D eigenvalue weighted by Gasteiger charge is -2.14. The fourth-order valence-corrected chi connectivity index (χ4v) is 6.57. The second kappa shape index (κ2) is 12.6. The second-order valence-corrected chi connectivity index (χ2v) is 11.6. The van der Waals surface area contributed by atoms with Crippen LogP contribution in [0.2, 0.25) is 0 Å². The van der Waals surface area contributed by atoms with Crippen LogP contribution in [0.1, 0.15) is 11.1 Å². The van der Waals surface area contributed by atoms with Gasteiger partial charge in [-0.3, -0.25) is 4.57 Å². The molecule has 0 saturated carbocycles. The van der Waals surface area contributed by atoms with E-state index in [1.165, 1.54) is 0 Å². The van der Waals surface area contributed by atoms with Crippen molar-refractivity contribution < 1.29 is 0 Å². The quantitative estimate of drug-likeness (QED) is 0.173. The van der Waals surface area contributed by atoms with Crippen molar-refractivity contribution >= 4 is 33.2 Å². The Morgan fingerprint density at radius 3 is 1.67 bits per heavy atom. The van der Waals surface area contributed by atoms with E-state index in [0.717, 1.165) is 21.9 Å². The van der Waals surface area contributed by atoms with Crippen molar-refractivity contribution in [2.75, 3.05) is 0 Å². The van der Waals surface area contributed by atoms with Crippen molar-refractivity contribution in [1.82, 2.24) is 19.5 Å². The van der Waals surface area contributed by atoms with E-state index in [2.05, 4.69) is 21.8 Å². The minimum atomic E-state index is 0.323. The molecule has 0 saturated heterocycles. The van der Waals surface area contributed by atoms with Crippen LogP contribution in [0.5, 0.6) is 0 Å². The van der Waals surface area contributed by atoms with Gasteiger partial charge in [0.05, 0.1) is 47.4 Å². The molecule has 0 bridgehead atoms. The molecule has 2 aromatic heterocycles. The lowest BCUT2D eigenvalue weighted by molar-refractivity contribution is 0.954. The molecule has 0 fully saturated rings. The minimum Gasteiger partial charge on any atom is -0.277 e. The zero-order chi connectivity index (χ0) is 34.9. The van der Waals surface area contributed by atoms with Gasteiger partial charge in [0.2, 0.25) is 5.95 Å². The first-order chi connectivity index (χ1) is 25.1. The lowest BCUT2D eigenvalue weighted by Crippen LogP contribution is -2.07. The highest BCUT2D eigenvalue weighted by atomic mass is 15.2. The Hall–Kier alpha value is -7.91. The van der Waals surface area contributed by atoms with Gasteiger partial charge in [0.15, 0.2) is 23.0 Å². The van der Waals surface area contributed by atoms with Gasteiger partial charge in [-0.25, -0.2) is 14.7 Å². The largest absolute Gasteiger partial charge is 0.277 e. The van der Waals surface area contributed by atoms with Crippen LogP contribution in [0, 0.1) is 35.8 Å². The number of hydrogen-bond acceptors (Lipinski definition) is 5. The van der Waals surface area contributed by atoms with Crippen LogP contribution >= 0.6 is 0 Å². The molecule has 8 rings (SSSR count). The first kappa shape index (κ1) is 30.4. The molecule has 0 amide bonds. The van der Waals surface area contributed by atoms with Crippen molar-refractivity contribution in [1.29, 1.82) is 10.5 Å². The fourth-order valence-electron chi connectivity index (χ4n) is 6.57. The van der Waals surface area contributed by atoms with E-state index in [4.69, 9.17) is 28.1 Å². The number of aromatic nitrogens is 4. The van der Waals surface area contributed by atoms with Crippen LogP contribution in [-0.2, 0) is 0 Å². The van der Waals surface area contributed by atoms with Gasteiger partial charge < -0.3 is 0 Å². The molecule has 0 unspecified atom stereocenters. The van der Waals surface area contributed by atoms with Gasteiger partial charge >= 0.3 is 0 Å². The Bertz CT molecular complexity index is 2720. The average molecular weight is 651 g/mol. The van der Waals surface area contributed by atoms with Crippen molar-refractivity contribution in [3.8, 4) is 63.1 Å². The molecular weight excluding hydrogens is 629 g/mol. The van der Waals surface area contributed by atoms with Crippen molar-refractivity contribution in [2.45, 2.75) is 0 Å². The van der Waals surface area contributed by atoms with E-state index in [1.807, 2.05) is 102 Å². The standard InChI is InChI=1S/C43H22N8/c1-46-35-20-11-21-36(47-2)39(35)29-22-23-32-33-18-10-19-34(38-30(25-44)16-9-17-31(38)26-45)40(33)51(37(32)24-29)43-49-41(27-12-5-3-6-13-27)48-42(50-43)28-14-7-4-8-15-28/h3-24H. The van der Waals surface area contributed by atoms with Crippen LogP contribution in [0.4, 0.5) is 11.4 Å². The number of hydrogen-bond donors (Lipinski definition) is 0. The van der Waals surface area contributed by atoms with Gasteiger partial charge in [0.1, 0.15) is 0 Å². The maximum absolute atomic E-state index is 10.2. The molecule has 8 nitrogen and oxygen atoms in total. The number of para-hydroxylation sites is 1. The summed E-state index contributed by atoms with van der Waals surface area (Å²) in [5, 5.41) is 22.2. The zero-order valence-electron chi connectivity index (χ0n) is 26.8. The molecule has 0 aliphatic carbocycles. The Kier molecular flexibility index (Phi) is 7.52. The number of nitrogens with zero attached hydrogens (tertiary/aromatic N) is 8. The van der Waals surface area contributed by atoms with Crippen molar-refractivity contribution in [2.24, 2.45) is 0 Å². The molecule has 2 heterocycles. The normalized spacial score (nSPS) is 10.7. The Morgan fingerprint density at radius 2 is 1.10 bits per heavy atom. The molecule has 0 spiro atoms. The van der Waals surface area contributed by atoms with Gasteiger partial charge in [0.25, 0.3) is 0 Å². The summed E-state index contributed by atoms with van der Waals surface area (Å²) in [6.45, 7) is 15.8. The summed E-state index contributed by atoms with van der Waals surface area (Å²) in [7, 11) is 0. The highest BCUT2D eigenvalue weighted by Gasteiger charge is 2.24. The van der Waals surface area contributed by atoms with Crippen molar-refractivity contribution in [3.63, 3.8) is 0 Å². The summed E-state index contributed by atoms with van der Waals surface area (Å²) in [4.78, 5) is 22.5. The van der Waals surface area contributed by atoms with Gasteiger partial charge in [-0.1, -0.05) is 115 Å². The Labute approximate surface area is 293 Å². The molecule has 8 aromatic rings. The first-order valence-electron chi connectivity index (χ1n) is 15.9. The minimum absolute atomic E-state index is 0.323. The van der Waals surface area contributed by atoms with Crippen molar-refractivity contribution in [3.05, 3.63) is 167 Å². The lowest BCUT2D eigenvalue weighted by atomic mass is 9.93. The monoisotopic (exact) mass is 650 g/mol. The van der Waals surface area contributed by atoms with Crippen LogP contribution < -0.4 is 0 Å². The predicted octanol–water partition coefficient (Wildman–Crippen LogP) is 10.5. The Balaban J connectivity index is 1.55. The summed E-state index contributed by atoms with van der Waals surface area (Å²) < 4.78 is 1.94. The molecule has 6 aromatic carbocycles. The van der Waals surface area contributed by atoms with E-state index in [9.17, 15) is 10.5 Å². The van der Waals surface area contributed by atoms with Gasteiger partial charge in [-0.2, -0.15) is 20.5 Å². The van der Waals surface area contributed by atoms with Crippen LogP contribution in [0.15, 0.2) is 133 Å². The molecule has 0 aliphatic heterocycles. The predicted molar refractivity (Wildman–Crippen MR) is 198 cm³/mol. The van der Waals surface area contributed by atoms with Gasteiger partial charge in [0, 0.05) is 33.0 Å². The van der Waals surface area contributed by atoms with E-state index in [-0.39, 0.29) is 0 Å². The van der Waals surface area contributed by atoms with Gasteiger partial charge in [-0.15, -0.1) is 0 Å². The summed E-state index contributed by atoms with van der Waals surface area (Å²) in [5.41, 5.74) is 6.83. The summed E-state index contributed by atoms with van der Waals surface area (Å²) in [6.07, 6.45) is 0. The number of rotatable bonds is 5. The zero-order valence-corrected chi connectivity index (χ0v) is 26.8. The van der Waals surface area contributed by atoms with Gasteiger partial charge in [-0.05, 0) is 29.3 Å². The van der Waals surface area contributed by atoms with E-state index in [1.54, 1.807) is 36.4 Å². The average Bonchev–Trinajstić information content (AvgIpc) is 3.54. The van der Waals surface area contributed by atoms with Crippen LogP contribution in [-0.4, -0.2) is 19.5 Å². The fraction of sp³-hybridized carbons (Fsp3) is 0. The SMILES string of the molecule is [C-]#[N+]c1cccc([N+]#[C-])c1-c1ccc2c3cccc(-c4c(C#N)cccc4C#N)c3n(-c3nc(-c4ccccc4)nc(-c4ccccc4)n3)c2c1. The summed E-state index contributed by atoms with van der Waals surface area (Å²) >= 11 is 0. The molecule has 51 heavy (non-hydrogen) atoms. The topological polar surface area (TPSA) is 99.9 Å². The highest BCUT2D eigenvalue weighted by molar-refractivity contribution is 6.15. The van der Waals surface area contributed by atoms with Crippen LogP contribution in [0.25, 0.3) is 82.5 Å². The molecule has 0 radical (unpaired) electrons. The maximum Gasteiger partial charge on any atom is 0.238 e. The third-order valence-electron chi connectivity index (χ3n) is 8.80. The number of fused-ring (bicyclic) bond motifs is 3. The summed E-state index contributed by atoms with van der Waals surface area (Å²) in [5.74, 6) is 1.25. The number of nitriles is 2. The number of benzene rings is 6. The molecule has 0 atom stereocenters.